The summed E-state index contributed by atoms with van der Waals surface area (Å²) in [6, 6.07) is 0. The van der Waals surface area contributed by atoms with E-state index in [4.69, 9.17) is 11.6 Å². The van der Waals surface area contributed by atoms with Gasteiger partial charge in [-0.2, -0.15) is 0 Å². The zero-order valence-corrected chi connectivity index (χ0v) is 9.04. The van der Waals surface area contributed by atoms with Crippen LogP contribution in [0.2, 0.25) is 0 Å². The second kappa shape index (κ2) is 4.99. The zero-order valence-electron chi connectivity index (χ0n) is 6.69. The summed E-state index contributed by atoms with van der Waals surface area (Å²) in [5.74, 6) is -0.424. The van der Waals surface area contributed by atoms with Gasteiger partial charge in [0.1, 0.15) is 0 Å². The molecule has 0 aromatic rings. The van der Waals surface area contributed by atoms with Crippen LogP contribution >= 0.6 is 27.5 Å². The maximum atomic E-state index is 10.9. The standard InChI is InChI=1S/C7H12BrClO2/c1-3-4-5-7(8,9)6(10)11-2/h3-5H2,1-2H3. The largest absolute Gasteiger partial charge is 0.467 e. The number of carbonyl (C=O) groups excluding carboxylic acids is 1. The first-order valence-electron chi connectivity index (χ1n) is 3.51. The van der Waals surface area contributed by atoms with Gasteiger partial charge in [0, 0.05) is 0 Å². The molecule has 1 atom stereocenters. The van der Waals surface area contributed by atoms with Gasteiger partial charge in [-0.3, -0.25) is 0 Å². The molecule has 0 aliphatic heterocycles. The SMILES string of the molecule is CCCCC(Cl)(Br)C(=O)OC. The number of methoxy groups -OCH3 is 1. The number of halogens is 2. The normalized spacial score (nSPS) is 15.6. The van der Waals surface area contributed by atoms with E-state index in [1.165, 1.54) is 7.11 Å². The molecule has 4 heteroatoms. The molecule has 0 saturated carbocycles. The number of rotatable bonds is 4. The predicted molar refractivity (Wildman–Crippen MR) is 49.1 cm³/mol. The van der Waals surface area contributed by atoms with Gasteiger partial charge in [0.05, 0.1) is 7.11 Å². The quantitative estimate of drug-likeness (QED) is 0.560. The van der Waals surface area contributed by atoms with E-state index in [-0.39, 0.29) is 0 Å². The molecular formula is C7H12BrClO2. The number of hydrogen-bond donors (Lipinski definition) is 0. The molecule has 0 radical (unpaired) electrons. The van der Waals surface area contributed by atoms with Gasteiger partial charge in [-0.15, -0.1) is 0 Å². The van der Waals surface area contributed by atoms with Crippen LogP contribution in [0.15, 0.2) is 0 Å². The molecular weight excluding hydrogens is 231 g/mol. The summed E-state index contributed by atoms with van der Waals surface area (Å²) in [7, 11) is 1.33. The van der Waals surface area contributed by atoms with Gasteiger partial charge in [-0.1, -0.05) is 47.3 Å². The fraction of sp³-hybridized carbons (Fsp3) is 0.857. The highest BCUT2D eigenvalue weighted by molar-refractivity contribution is 9.10. The second-order valence-corrected chi connectivity index (χ2v) is 4.76. The average molecular weight is 244 g/mol. The summed E-state index contributed by atoms with van der Waals surface area (Å²) in [4.78, 5) is 10.9. The van der Waals surface area contributed by atoms with Crippen LogP contribution in [0.1, 0.15) is 26.2 Å². The van der Waals surface area contributed by atoms with Gasteiger partial charge in [0.15, 0.2) is 3.78 Å². The van der Waals surface area contributed by atoms with Crippen molar-refractivity contribution >= 4 is 33.5 Å². The molecule has 0 bridgehead atoms. The van der Waals surface area contributed by atoms with E-state index in [1.807, 2.05) is 6.92 Å². The summed E-state index contributed by atoms with van der Waals surface area (Å²) < 4.78 is 3.48. The molecule has 0 amide bonds. The Kier molecular flexibility index (Phi) is 5.10. The lowest BCUT2D eigenvalue weighted by Gasteiger charge is -2.15. The Morgan fingerprint density at radius 2 is 2.27 bits per heavy atom. The van der Waals surface area contributed by atoms with E-state index in [1.54, 1.807) is 0 Å². The Balaban J connectivity index is 3.88. The minimum Gasteiger partial charge on any atom is -0.467 e. The van der Waals surface area contributed by atoms with Gasteiger partial charge in [0.25, 0.3) is 0 Å². The molecule has 0 spiro atoms. The summed E-state index contributed by atoms with van der Waals surface area (Å²) in [6.45, 7) is 2.04. The average Bonchev–Trinajstić information content (AvgIpc) is 1.99. The summed E-state index contributed by atoms with van der Waals surface area (Å²) in [5, 5.41) is 0. The number of alkyl halides is 2. The van der Waals surface area contributed by atoms with Crippen molar-refractivity contribution in [2.75, 3.05) is 7.11 Å². The lowest BCUT2D eigenvalue weighted by Crippen LogP contribution is -2.26. The van der Waals surface area contributed by atoms with Crippen molar-refractivity contribution in [3.63, 3.8) is 0 Å². The number of hydrogen-bond acceptors (Lipinski definition) is 2. The van der Waals surface area contributed by atoms with Crippen LogP contribution < -0.4 is 0 Å². The minimum absolute atomic E-state index is 0.424. The van der Waals surface area contributed by atoms with Gasteiger partial charge in [0.2, 0.25) is 0 Å². The third-order valence-electron chi connectivity index (χ3n) is 1.33. The number of carbonyl (C=O) groups is 1. The van der Waals surface area contributed by atoms with Crippen molar-refractivity contribution in [1.29, 1.82) is 0 Å². The molecule has 0 heterocycles. The highest BCUT2D eigenvalue weighted by Gasteiger charge is 2.33. The first-order valence-corrected chi connectivity index (χ1v) is 4.68. The first-order chi connectivity index (χ1) is 5.04. The van der Waals surface area contributed by atoms with Gasteiger partial charge in [-0.05, 0) is 6.42 Å². The van der Waals surface area contributed by atoms with E-state index in [9.17, 15) is 4.79 Å². The van der Waals surface area contributed by atoms with Crippen LogP contribution in [-0.2, 0) is 9.53 Å². The van der Waals surface area contributed by atoms with Crippen LogP contribution in [0.4, 0.5) is 0 Å². The van der Waals surface area contributed by atoms with Crippen molar-refractivity contribution in [2.45, 2.75) is 30.0 Å². The van der Waals surface area contributed by atoms with Gasteiger partial charge in [-0.25, -0.2) is 4.79 Å². The molecule has 11 heavy (non-hydrogen) atoms. The molecule has 0 fully saturated rings. The van der Waals surface area contributed by atoms with Crippen molar-refractivity contribution in [3.05, 3.63) is 0 Å². The van der Waals surface area contributed by atoms with Crippen molar-refractivity contribution < 1.29 is 9.53 Å². The third-order valence-corrected chi connectivity index (χ3v) is 2.39. The molecule has 66 valence electrons. The number of ether oxygens (including phenoxy) is 1. The summed E-state index contributed by atoms with van der Waals surface area (Å²) in [6.07, 6.45) is 2.51. The highest BCUT2D eigenvalue weighted by Crippen LogP contribution is 2.30. The fourth-order valence-electron chi connectivity index (χ4n) is 0.650. The zero-order chi connectivity index (χ0) is 8.91. The van der Waals surface area contributed by atoms with Gasteiger partial charge >= 0.3 is 5.97 Å². The Morgan fingerprint density at radius 3 is 2.64 bits per heavy atom. The topological polar surface area (TPSA) is 26.3 Å². The maximum absolute atomic E-state index is 10.9. The third kappa shape index (κ3) is 3.97. The Labute approximate surface area is 80.4 Å². The molecule has 0 aliphatic carbocycles. The minimum atomic E-state index is -1.02. The molecule has 0 rings (SSSR count). The second-order valence-electron chi connectivity index (χ2n) is 2.30. The van der Waals surface area contributed by atoms with E-state index in [0.29, 0.717) is 6.42 Å². The summed E-state index contributed by atoms with van der Waals surface area (Å²) >= 11 is 8.91. The van der Waals surface area contributed by atoms with Crippen molar-refractivity contribution in [2.24, 2.45) is 0 Å². The van der Waals surface area contributed by atoms with Crippen molar-refractivity contribution in [1.82, 2.24) is 0 Å². The van der Waals surface area contributed by atoms with Crippen LogP contribution in [0.3, 0.4) is 0 Å². The molecule has 1 unspecified atom stereocenters. The Hall–Kier alpha value is 0.240. The lowest BCUT2D eigenvalue weighted by molar-refractivity contribution is -0.141. The Morgan fingerprint density at radius 1 is 1.73 bits per heavy atom. The molecule has 2 nitrogen and oxygen atoms in total. The Bertz CT molecular complexity index is 136. The maximum Gasteiger partial charge on any atom is 0.337 e. The molecule has 0 saturated heterocycles. The van der Waals surface area contributed by atoms with Crippen LogP contribution in [-0.4, -0.2) is 16.9 Å². The van der Waals surface area contributed by atoms with Crippen LogP contribution in [0.5, 0.6) is 0 Å². The fourth-order valence-corrected chi connectivity index (χ4v) is 1.30. The lowest BCUT2D eigenvalue weighted by atomic mass is 10.2. The molecule has 0 aromatic heterocycles. The van der Waals surface area contributed by atoms with E-state index < -0.39 is 9.75 Å². The monoisotopic (exact) mass is 242 g/mol. The van der Waals surface area contributed by atoms with Crippen LogP contribution in [0.25, 0.3) is 0 Å². The number of unbranched alkanes of at least 4 members (excludes halogenated alkanes) is 1. The smallest absolute Gasteiger partial charge is 0.337 e. The van der Waals surface area contributed by atoms with Gasteiger partial charge < -0.3 is 4.74 Å². The van der Waals surface area contributed by atoms with Crippen molar-refractivity contribution in [3.8, 4) is 0 Å². The highest BCUT2D eigenvalue weighted by atomic mass is 79.9. The van der Waals surface area contributed by atoms with Crippen LogP contribution in [0, 0.1) is 0 Å². The number of esters is 1. The first kappa shape index (κ1) is 11.2. The molecule has 0 N–H and O–H groups in total. The van der Waals surface area contributed by atoms with E-state index in [0.717, 1.165) is 12.8 Å². The summed E-state index contributed by atoms with van der Waals surface area (Å²) in [5.41, 5.74) is 0. The van der Waals surface area contributed by atoms with E-state index >= 15 is 0 Å². The van der Waals surface area contributed by atoms with E-state index in [2.05, 4.69) is 20.7 Å². The molecule has 0 aliphatic rings. The molecule has 0 aromatic carbocycles. The predicted octanol–water partition coefficient (Wildman–Crippen LogP) is 2.68.